The van der Waals surface area contributed by atoms with E-state index < -0.39 is 77.6 Å². The third-order valence-electron chi connectivity index (χ3n) is 9.89. The van der Waals surface area contributed by atoms with Crippen molar-refractivity contribution in [3.05, 3.63) is 28.8 Å². The van der Waals surface area contributed by atoms with Crippen molar-refractivity contribution in [1.82, 2.24) is 25.8 Å². The van der Waals surface area contributed by atoms with Crippen LogP contribution in [-0.2, 0) is 23.8 Å². The van der Waals surface area contributed by atoms with Gasteiger partial charge in [-0.1, -0.05) is 0 Å². The lowest BCUT2D eigenvalue weighted by atomic mass is 9.80. The minimum Gasteiger partial charge on any atom is -0.507 e. The SMILES string of the molecule is CC(=O)N[C@H]1[C@H]([C@H](O)[C@H](O)CNC(=O)c2cc(C)c(O)c(C)c2)O[C@@](CCN2CCOC[C@@]23CCN(C(=O)OC(C)(C)C)C3)(C(=O)NC#N)C[C@@H]1O. The number of nitriles is 1. The molecule has 1 aromatic carbocycles. The van der Waals surface area contributed by atoms with E-state index in [0.717, 1.165) is 0 Å². The van der Waals surface area contributed by atoms with E-state index in [1.165, 1.54) is 19.1 Å². The minimum atomic E-state index is -1.91. The summed E-state index contributed by atoms with van der Waals surface area (Å²) in [6, 6.07) is 1.65. The quantitative estimate of drug-likeness (QED) is 0.119. The molecular formula is C35H52N6O11. The van der Waals surface area contributed by atoms with Crippen LogP contribution in [0.5, 0.6) is 5.75 Å². The van der Waals surface area contributed by atoms with E-state index in [9.17, 15) is 44.9 Å². The fraction of sp³-hybridized carbons (Fsp3) is 0.686. The molecule has 0 aromatic heterocycles. The van der Waals surface area contributed by atoms with Gasteiger partial charge in [-0.3, -0.25) is 24.6 Å². The summed E-state index contributed by atoms with van der Waals surface area (Å²) in [6.45, 7) is 11.4. The zero-order valence-electron chi connectivity index (χ0n) is 30.6. The first-order valence-corrected chi connectivity index (χ1v) is 17.4. The lowest BCUT2D eigenvalue weighted by Gasteiger charge is -2.50. The molecule has 17 heteroatoms. The maximum Gasteiger partial charge on any atom is 0.410 e. The number of aryl methyl sites for hydroxylation is 2. The average Bonchev–Trinajstić information content (AvgIpc) is 3.49. The molecule has 52 heavy (non-hydrogen) atoms. The van der Waals surface area contributed by atoms with Crippen molar-refractivity contribution in [2.75, 3.05) is 45.9 Å². The molecule has 288 valence electrons. The second kappa shape index (κ2) is 16.3. The van der Waals surface area contributed by atoms with Crippen molar-refractivity contribution in [3.63, 3.8) is 0 Å². The topological polar surface area (TPSA) is 243 Å². The monoisotopic (exact) mass is 732 g/mol. The van der Waals surface area contributed by atoms with Gasteiger partial charge in [0.1, 0.15) is 23.6 Å². The van der Waals surface area contributed by atoms with Crippen LogP contribution in [0.1, 0.15) is 68.4 Å². The van der Waals surface area contributed by atoms with E-state index in [1.807, 2.05) is 0 Å². The second-order valence-corrected chi connectivity index (χ2v) is 15.0. The van der Waals surface area contributed by atoms with Crippen LogP contribution >= 0.6 is 0 Å². The molecule has 0 aliphatic carbocycles. The minimum absolute atomic E-state index is 0.0442. The van der Waals surface area contributed by atoms with Crippen LogP contribution in [0, 0.1) is 25.3 Å². The third-order valence-corrected chi connectivity index (χ3v) is 9.89. The van der Waals surface area contributed by atoms with Crippen molar-refractivity contribution in [2.24, 2.45) is 0 Å². The smallest absolute Gasteiger partial charge is 0.410 e. The third kappa shape index (κ3) is 9.29. The van der Waals surface area contributed by atoms with Crippen LogP contribution < -0.4 is 16.0 Å². The van der Waals surface area contributed by atoms with Crippen molar-refractivity contribution < 1.29 is 53.8 Å². The maximum atomic E-state index is 13.7. The number of hydrogen-bond acceptors (Lipinski definition) is 13. The van der Waals surface area contributed by atoms with Gasteiger partial charge in [0.15, 0.2) is 11.8 Å². The van der Waals surface area contributed by atoms with Crippen LogP contribution in [-0.4, -0.2) is 147 Å². The summed E-state index contributed by atoms with van der Waals surface area (Å²) in [6.07, 6.45) is -5.36. The fourth-order valence-electron chi connectivity index (χ4n) is 7.22. The number of morpholine rings is 1. The molecule has 3 aliphatic heterocycles. The molecule has 7 N–H and O–H groups in total. The molecular weight excluding hydrogens is 680 g/mol. The van der Waals surface area contributed by atoms with Crippen LogP contribution in [0.15, 0.2) is 12.1 Å². The van der Waals surface area contributed by atoms with Gasteiger partial charge < -0.3 is 50.2 Å². The van der Waals surface area contributed by atoms with E-state index >= 15 is 0 Å². The van der Waals surface area contributed by atoms with E-state index in [2.05, 4.69) is 20.9 Å². The fourth-order valence-corrected chi connectivity index (χ4v) is 7.22. The highest BCUT2D eigenvalue weighted by molar-refractivity contribution is 5.95. The van der Waals surface area contributed by atoms with E-state index in [4.69, 9.17) is 14.2 Å². The number of aliphatic hydroxyl groups excluding tert-OH is 3. The molecule has 4 rings (SSSR count). The van der Waals surface area contributed by atoms with Gasteiger partial charge in [0.25, 0.3) is 11.8 Å². The molecule has 17 nitrogen and oxygen atoms in total. The lowest BCUT2D eigenvalue weighted by Crippen LogP contribution is -2.69. The number of phenolic OH excluding ortho intramolecular Hbond substituents is 1. The molecule has 0 unspecified atom stereocenters. The van der Waals surface area contributed by atoms with Gasteiger partial charge >= 0.3 is 6.09 Å². The first-order valence-electron chi connectivity index (χ1n) is 17.4. The molecule has 3 aliphatic rings. The summed E-state index contributed by atoms with van der Waals surface area (Å²) in [5, 5.41) is 60.6. The highest BCUT2D eigenvalue weighted by Crippen LogP contribution is 2.38. The molecule has 1 aromatic rings. The molecule has 3 fully saturated rings. The molecule has 1 spiro atoms. The van der Waals surface area contributed by atoms with Gasteiger partial charge in [-0.05, 0) is 70.7 Å². The van der Waals surface area contributed by atoms with Crippen molar-refractivity contribution in [2.45, 2.75) is 108 Å². The number of amides is 4. The molecule has 3 heterocycles. The van der Waals surface area contributed by atoms with Gasteiger partial charge in [0, 0.05) is 51.6 Å². The number of aliphatic hydroxyl groups is 3. The summed E-state index contributed by atoms with van der Waals surface area (Å²) in [4.78, 5) is 55.4. The van der Waals surface area contributed by atoms with E-state index in [1.54, 1.807) is 45.7 Å². The van der Waals surface area contributed by atoms with Gasteiger partial charge in [-0.25, -0.2) is 4.79 Å². The standard InChI is InChI=1S/C35H52N6O11/c1-20-13-23(14-21(2)27(20)45)30(47)37-16-25(44)28(46)29-26(39-22(3)42)24(43)15-35(51-29,31(48)38-19-36)8-10-41-11-12-50-18-34(41)7-9-40(17-34)32(49)52-33(4,5)6/h13-14,24-26,28-29,43-46H,7-12,15-18H2,1-6H3,(H,37,47)(H,38,48)(H,39,42)/t24-,25+,26+,28+,29+,34-,35+/m0/s1. The number of nitrogens with zero attached hydrogens (tertiary/aromatic N) is 3. The Bertz CT molecular complexity index is 1520. The number of rotatable bonds is 10. The maximum absolute atomic E-state index is 13.7. The van der Waals surface area contributed by atoms with E-state index in [0.29, 0.717) is 50.4 Å². The highest BCUT2D eigenvalue weighted by atomic mass is 16.6. The van der Waals surface area contributed by atoms with Gasteiger partial charge in [-0.2, -0.15) is 5.26 Å². The average molecular weight is 733 g/mol. The number of benzene rings is 1. The lowest BCUT2D eigenvalue weighted by molar-refractivity contribution is -0.221. The number of carbonyl (C=O) groups excluding carboxylic acids is 4. The van der Waals surface area contributed by atoms with Crippen molar-refractivity contribution >= 4 is 23.8 Å². The Labute approximate surface area is 303 Å². The molecule has 3 saturated heterocycles. The number of carbonyl (C=O) groups is 4. The summed E-state index contributed by atoms with van der Waals surface area (Å²) in [5.41, 5.74) is -2.07. The highest BCUT2D eigenvalue weighted by Gasteiger charge is 2.55. The van der Waals surface area contributed by atoms with Gasteiger partial charge in [0.05, 0.1) is 37.0 Å². The van der Waals surface area contributed by atoms with Crippen LogP contribution in [0.2, 0.25) is 0 Å². The first kappa shape index (κ1) is 40.7. The molecule has 4 amide bonds. The Morgan fingerprint density at radius 1 is 1.15 bits per heavy atom. The number of nitrogens with one attached hydrogen (secondary N) is 3. The summed E-state index contributed by atoms with van der Waals surface area (Å²) in [5.74, 6) is -2.02. The van der Waals surface area contributed by atoms with Crippen LogP contribution in [0.4, 0.5) is 4.79 Å². The van der Waals surface area contributed by atoms with Crippen molar-refractivity contribution in [1.29, 1.82) is 5.26 Å². The second-order valence-electron chi connectivity index (χ2n) is 15.0. The summed E-state index contributed by atoms with van der Waals surface area (Å²) in [7, 11) is 0. The predicted octanol–water partition coefficient (Wildman–Crippen LogP) is -0.447. The number of ether oxygens (including phenoxy) is 3. The molecule has 0 bridgehead atoms. The zero-order valence-corrected chi connectivity index (χ0v) is 30.6. The Morgan fingerprint density at radius 3 is 2.44 bits per heavy atom. The predicted molar refractivity (Wildman–Crippen MR) is 184 cm³/mol. The van der Waals surface area contributed by atoms with Crippen LogP contribution in [0.3, 0.4) is 0 Å². The number of likely N-dealkylation sites (tertiary alicyclic amines) is 1. The van der Waals surface area contributed by atoms with E-state index in [-0.39, 0.29) is 30.7 Å². The molecule has 7 atom stereocenters. The Balaban J connectivity index is 1.55. The normalized spacial score (nSPS) is 27.7. The first-order chi connectivity index (χ1) is 24.3. The Kier molecular flexibility index (Phi) is 12.8. The molecule has 0 saturated carbocycles. The number of aromatic hydroxyl groups is 1. The largest absolute Gasteiger partial charge is 0.507 e. The van der Waals surface area contributed by atoms with Crippen molar-refractivity contribution in [3.8, 4) is 11.9 Å². The van der Waals surface area contributed by atoms with Gasteiger partial charge in [-0.15, -0.1) is 0 Å². The number of phenols is 1. The number of hydrogen-bond donors (Lipinski definition) is 7. The molecule has 0 radical (unpaired) electrons. The Hall–Kier alpha value is -4.05. The zero-order chi connectivity index (χ0) is 38.6. The van der Waals surface area contributed by atoms with Crippen LogP contribution in [0.25, 0.3) is 0 Å². The summed E-state index contributed by atoms with van der Waals surface area (Å²) < 4.78 is 17.7. The summed E-state index contributed by atoms with van der Waals surface area (Å²) >= 11 is 0. The Morgan fingerprint density at radius 2 is 1.83 bits per heavy atom. The van der Waals surface area contributed by atoms with Gasteiger partial charge in [0.2, 0.25) is 5.91 Å².